The predicted molar refractivity (Wildman–Crippen MR) is 91.8 cm³/mol. The van der Waals surface area contributed by atoms with Crippen molar-refractivity contribution in [2.45, 2.75) is 13.0 Å². The van der Waals surface area contributed by atoms with Crippen molar-refractivity contribution in [3.63, 3.8) is 0 Å². The van der Waals surface area contributed by atoms with Crippen LogP contribution in [0.4, 0.5) is 6.01 Å². The van der Waals surface area contributed by atoms with Gasteiger partial charge in [0, 0.05) is 49.4 Å². The Labute approximate surface area is 141 Å². The van der Waals surface area contributed by atoms with Crippen molar-refractivity contribution in [3.05, 3.63) is 29.3 Å². The largest absolute Gasteiger partial charge is 0.403 e. The molecule has 6 nitrogen and oxygen atoms in total. The van der Waals surface area contributed by atoms with Crippen molar-refractivity contribution >= 4 is 17.6 Å². The Morgan fingerprint density at radius 2 is 2.04 bits per heavy atom. The third-order valence-electron chi connectivity index (χ3n) is 3.99. The number of nitrogens with zero attached hydrogens (tertiary/aromatic N) is 4. The molecule has 0 aliphatic carbocycles. The van der Waals surface area contributed by atoms with Gasteiger partial charge in [-0.1, -0.05) is 22.8 Å². The molecule has 124 valence electrons. The van der Waals surface area contributed by atoms with Crippen molar-refractivity contribution in [3.8, 4) is 11.5 Å². The third kappa shape index (κ3) is 4.43. The van der Waals surface area contributed by atoms with Crippen LogP contribution in [-0.2, 0) is 0 Å². The zero-order valence-corrected chi connectivity index (χ0v) is 14.3. The fourth-order valence-corrected chi connectivity index (χ4v) is 2.88. The number of halogens is 1. The normalized spacial score (nSPS) is 18.0. The minimum atomic E-state index is 0.242. The zero-order chi connectivity index (χ0) is 16.2. The standard InChI is InChI=1S/C16H22ClN5O/c1-12(11-22-8-6-21(2)7-9-22)18-16-20-19-15(23-16)13-4-3-5-14(17)10-13/h3-5,10,12H,6-9,11H2,1-2H3,(H,18,20). The Morgan fingerprint density at radius 1 is 1.26 bits per heavy atom. The zero-order valence-electron chi connectivity index (χ0n) is 13.5. The highest BCUT2D eigenvalue weighted by atomic mass is 35.5. The van der Waals surface area contributed by atoms with Gasteiger partial charge in [-0.3, -0.25) is 4.90 Å². The number of rotatable bonds is 5. The lowest BCUT2D eigenvalue weighted by Gasteiger charge is -2.33. The first kappa shape index (κ1) is 16.2. The summed E-state index contributed by atoms with van der Waals surface area (Å²) in [6, 6.07) is 8.08. The van der Waals surface area contributed by atoms with Gasteiger partial charge in [0.1, 0.15) is 0 Å². The van der Waals surface area contributed by atoms with Gasteiger partial charge in [-0.2, -0.15) is 0 Å². The Morgan fingerprint density at radius 3 is 2.78 bits per heavy atom. The maximum absolute atomic E-state index is 5.99. The number of nitrogens with one attached hydrogen (secondary N) is 1. The fourth-order valence-electron chi connectivity index (χ4n) is 2.69. The van der Waals surface area contributed by atoms with Crippen LogP contribution in [0.3, 0.4) is 0 Å². The maximum atomic E-state index is 5.99. The fraction of sp³-hybridized carbons (Fsp3) is 0.500. The van der Waals surface area contributed by atoms with E-state index >= 15 is 0 Å². The van der Waals surface area contributed by atoms with Crippen LogP contribution in [0.2, 0.25) is 5.02 Å². The third-order valence-corrected chi connectivity index (χ3v) is 4.23. The second kappa shape index (κ2) is 7.29. The van der Waals surface area contributed by atoms with E-state index in [4.69, 9.17) is 16.0 Å². The number of likely N-dealkylation sites (N-methyl/N-ethyl adjacent to an activating group) is 1. The molecular formula is C16H22ClN5O. The van der Waals surface area contributed by atoms with E-state index in [0.717, 1.165) is 38.3 Å². The molecule has 1 unspecified atom stereocenters. The Balaban J connectivity index is 1.56. The summed E-state index contributed by atoms with van der Waals surface area (Å²) in [5, 5.41) is 12.1. The molecule has 1 aromatic heterocycles. The van der Waals surface area contributed by atoms with Gasteiger partial charge in [-0.25, -0.2) is 0 Å². The van der Waals surface area contributed by atoms with E-state index in [1.54, 1.807) is 0 Å². The van der Waals surface area contributed by atoms with Gasteiger partial charge >= 0.3 is 6.01 Å². The molecule has 0 radical (unpaired) electrons. The van der Waals surface area contributed by atoms with E-state index in [9.17, 15) is 0 Å². The van der Waals surface area contributed by atoms with Gasteiger partial charge in [-0.05, 0) is 32.2 Å². The molecule has 7 heteroatoms. The number of hydrogen-bond acceptors (Lipinski definition) is 6. The first-order valence-corrected chi connectivity index (χ1v) is 8.25. The number of benzene rings is 1. The van der Waals surface area contributed by atoms with E-state index in [1.807, 2.05) is 24.3 Å². The van der Waals surface area contributed by atoms with Crippen LogP contribution in [0.15, 0.2) is 28.7 Å². The quantitative estimate of drug-likeness (QED) is 0.905. The van der Waals surface area contributed by atoms with Crippen LogP contribution in [0, 0.1) is 0 Å². The Kier molecular flexibility index (Phi) is 5.15. The molecule has 3 rings (SSSR count). The SMILES string of the molecule is CC(CN1CCN(C)CC1)Nc1nnc(-c2cccc(Cl)c2)o1. The number of aromatic nitrogens is 2. The summed E-state index contributed by atoms with van der Waals surface area (Å²) in [6.45, 7) is 7.52. The molecule has 23 heavy (non-hydrogen) atoms. The van der Waals surface area contributed by atoms with Crippen LogP contribution in [0.5, 0.6) is 0 Å². The molecule has 1 atom stereocenters. The van der Waals surface area contributed by atoms with Crippen molar-refractivity contribution in [1.82, 2.24) is 20.0 Å². The summed E-state index contributed by atoms with van der Waals surface area (Å²) in [5.74, 6) is 0.474. The molecule has 0 bridgehead atoms. The number of hydrogen-bond donors (Lipinski definition) is 1. The van der Waals surface area contributed by atoms with Crippen molar-refractivity contribution in [2.75, 3.05) is 45.1 Å². The Hall–Kier alpha value is -1.63. The molecule has 1 fully saturated rings. The van der Waals surface area contributed by atoms with E-state index in [1.165, 1.54) is 0 Å². The molecule has 2 heterocycles. The van der Waals surface area contributed by atoms with Gasteiger partial charge in [0.25, 0.3) is 0 Å². The molecule has 0 amide bonds. The van der Waals surface area contributed by atoms with E-state index in [2.05, 4.69) is 39.3 Å². The van der Waals surface area contributed by atoms with E-state index in [0.29, 0.717) is 16.9 Å². The summed E-state index contributed by atoms with van der Waals surface area (Å²) < 4.78 is 5.68. The average Bonchev–Trinajstić information content (AvgIpc) is 2.98. The van der Waals surface area contributed by atoms with Gasteiger partial charge in [0.2, 0.25) is 5.89 Å². The molecule has 1 saturated heterocycles. The molecule has 1 aliphatic rings. The lowest BCUT2D eigenvalue weighted by molar-refractivity contribution is 0.151. The van der Waals surface area contributed by atoms with Crippen LogP contribution in [-0.4, -0.2) is 65.8 Å². The van der Waals surface area contributed by atoms with Crippen molar-refractivity contribution < 1.29 is 4.42 Å². The minimum absolute atomic E-state index is 0.242. The Bertz CT molecular complexity index is 639. The van der Waals surface area contributed by atoms with Crippen LogP contribution in [0.1, 0.15) is 6.92 Å². The topological polar surface area (TPSA) is 57.4 Å². The van der Waals surface area contributed by atoms with E-state index in [-0.39, 0.29) is 6.04 Å². The molecule has 1 aromatic carbocycles. The molecule has 0 saturated carbocycles. The second-order valence-corrected chi connectivity index (χ2v) is 6.51. The second-order valence-electron chi connectivity index (χ2n) is 6.07. The number of anilines is 1. The lowest BCUT2D eigenvalue weighted by atomic mass is 10.2. The molecule has 0 spiro atoms. The van der Waals surface area contributed by atoms with Crippen LogP contribution in [0.25, 0.3) is 11.5 Å². The molecule has 2 aromatic rings. The monoisotopic (exact) mass is 335 g/mol. The van der Waals surface area contributed by atoms with E-state index < -0.39 is 0 Å². The van der Waals surface area contributed by atoms with Gasteiger partial charge in [0.15, 0.2) is 0 Å². The minimum Gasteiger partial charge on any atom is -0.403 e. The molecule has 1 aliphatic heterocycles. The number of piperazine rings is 1. The lowest BCUT2D eigenvalue weighted by Crippen LogP contribution is -2.47. The van der Waals surface area contributed by atoms with Crippen LogP contribution >= 0.6 is 11.6 Å². The molecular weight excluding hydrogens is 314 g/mol. The van der Waals surface area contributed by atoms with Gasteiger partial charge in [0.05, 0.1) is 0 Å². The van der Waals surface area contributed by atoms with Gasteiger partial charge in [-0.15, -0.1) is 5.10 Å². The van der Waals surface area contributed by atoms with Gasteiger partial charge < -0.3 is 14.6 Å². The highest BCUT2D eigenvalue weighted by molar-refractivity contribution is 6.30. The highest BCUT2D eigenvalue weighted by Gasteiger charge is 2.17. The predicted octanol–water partition coefficient (Wildman–Crippen LogP) is 2.44. The first-order valence-electron chi connectivity index (χ1n) is 7.87. The highest BCUT2D eigenvalue weighted by Crippen LogP contribution is 2.23. The maximum Gasteiger partial charge on any atom is 0.315 e. The summed E-state index contributed by atoms with van der Waals surface area (Å²) in [4.78, 5) is 4.80. The smallest absolute Gasteiger partial charge is 0.315 e. The summed E-state index contributed by atoms with van der Waals surface area (Å²) in [7, 11) is 2.16. The first-order chi connectivity index (χ1) is 11.1. The summed E-state index contributed by atoms with van der Waals surface area (Å²) in [5.41, 5.74) is 0.824. The van der Waals surface area contributed by atoms with Crippen molar-refractivity contribution in [2.24, 2.45) is 0 Å². The summed E-state index contributed by atoms with van der Waals surface area (Å²) >= 11 is 5.99. The average molecular weight is 336 g/mol. The van der Waals surface area contributed by atoms with Crippen molar-refractivity contribution in [1.29, 1.82) is 0 Å². The van der Waals surface area contributed by atoms with Crippen LogP contribution < -0.4 is 5.32 Å². The molecule has 1 N–H and O–H groups in total. The summed E-state index contributed by atoms with van der Waals surface area (Å²) in [6.07, 6.45) is 0.